The quantitative estimate of drug-likeness (QED) is 0.499. The molecule has 2 N–H and O–H groups in total. The summed E-state index contributed by atoms with van der Waals surface area (Å²) in [5, 5.41) is 3.02. The molecule has 1 heterocycles. The molecule has 0 amide bonds. The Labute approximate surface area is 67.0 Å². The van der Waals surface area contributed by atoms with Crippen LogP contribution in [-0.4, -0.2) is 23.4 Å². The summed E-state index contributed by atoms with van der Waals surface area (Å²) in [5.41, 5.74) is 0. The Bertz CT molecular complexity index is 187. The Morgan fingerprint density at radius 3 is 3.00 bits per heavy atom. The van der Waals surface area contributed by atoms with Crippen LogP contribution in [0, 0.1) is 0 Å². The molecule has 0 spiro atoms. The van der Waals surface area contributed by atoms with Crippen LogP contribution in [-0.2, 0) is 4.57 Å². The van der Waals surface area contributed by atoms with E-state index in [2.05, 4.69) is 11.9 Å². The topological polar surface area (TPSA) is 49.3 Å². The Morgan fingerprint density at radius 1 is 1.82 bits per heavy atom. The maximum Gasteiger partial charge on any atom is 0.220 e. The number of rotatable bonds is 3. The Balaban J connectivity index is 2.55. The highest BCUT2D eigenvalue weighted by atomic mass is 31.2. The molecule has 0 aromatic heterocycles. The Morgan fingerprint density at radius 2 is 2.55 bits per heavy atom. The molecule has 2 unspecified atom stereocenters. The first-order chi connectivity index (χ1) is 5.17. The predicted molar refractivity (Wildman–Crippen MR) is 45.9 cm³/mol. The SMILES string of the molecule is C=CCP(=O)(O)C1CCCN1. The van der Waals surface area contributed by atoms with E-state index in [0.717, 1.165) is 19.4 Å². The number of hydrogen-bond donors (Lipinski definition) is 2. The molecule has 0 aromatic rings. The van der Waals surface area contributed by atoms with E-state index in [4.69, 9.17) is 0 Å². The third-order valence-electron chi connectivity index (χ3n) is 1.91. The van der Waals surface area contributed by atoms with Crippen molar-refractivity contribution in [1.82, 2.24) is 5.32 Å². The van der Waals surface area contributed by atoms with E-state index in [9.17, 15) is 9.46 Å². The lowest BCUT2D eigenvalue weighted by Crippen LogP contribution is -2.22. The summed E-state index contributed by atoms with van der Waals surface area (Å²) < 4.78 is 11.4. The first-order valence-corrected chi connectivity index (χ1v) is 5.74. The fourth-order valence-electron chi connectivity index (χ4n) is 1.32. The van der Waals surface area contributed by atoms with Gasteiger partial charge in [-0.1, -0.05) is 6.08 Å². The second-order valence-corrected chi connectivity index (χ2v) is 5.34. The highest BCUT2D eigenvalue weighted by molar-refractivity contribution is 7.58. The zero-order valence-corrected chi connectivity index (χ0v) is 7.39. The predicted octanol–water partition coefficient (Wildman–Crippen LogP) is 1.15. The molecule has 3 nitrogen and oxygen atoms in total. The van der Waals surface area contributed by atoms with Gasteiger partial charge in [0, 0.05) is 6.16 Å². The van der Waals surface area contributed by atoms with E-state index in [1.54, 1.807) is 0 Å². The molecule has 64 valence electrons. The van der Waals surface area contributed by atoms with E-state index in [-0.39, 0.29) is 11.9 Å². The monoisotopic (exact) mass is 175 g/mol. The number of hydrogen-bond acceptors (Lipinski definition) is 2. The van der Waals surface area contributed by atoms with Gasteiger partial charge in [-0.25, -0.2) is 0 Å². The van der Waals surface area contributed by atoms with Gasteiger partial charge in [0.15, 0.2) is 0 Å². The van der Waals surface area contributed by atoms with Crippen molar-refractivity contribution in [2.75, 3.05) is 12.7 Å². The molecule has 1 aliphatic rings. The molecule has 1 fully saturated rings. The highest BCUT2D eigenvalue weighted by Gasteiger charge is 2.31. The zero-order chi connectivity index (χ0) is 8.32. The summed E-state index contributed by atoms with van der Waals surface area (Å²) in [6.07, 6.45) is 3.57. The van der Waals surface area contributed by atoms with Gasteiger partial charge < -0.3 is 10.2 Å². The summed E-state index contributed by atoms with van der Waals surface area (Å²) in [6.45, 7) is 4.32. The van der Waals surface area contributed by atoms with E-state index in [1.807, 2.05) is 0 Å². The van der Waals surface area contributed by atoms with Crippen LogP contribution < -0.4 is 5.32 Å². The normalized spacial score (nSPS) is 29.7. The standard InChI is InChI=1S/C7H14NO2P/c1-2-6-11(9,10)7-4-3-5-8-7/h2,7-8H,1,3-6H2,(H,9,10). The largest absolute Gasteiger partial charge is 0.343 e. The summed E-state index contributed by atoms with van der Waals surface area (Å²) in [7, 11) is -2.97. The van der Waals surface area contributed by atoms with Crippen LogP contribution in [0.2, 0.25) is 0 Å². The summed E-state index contributed by atoms with van der Waals surface area (Å²) in [5.74, 6) is -0.180. The van der Waals surface area contributed by atoms with E-state index >= 15 is 0 Å². The Kier molecular flexibility index (Phi) is 2.88. The molecule has 0 aliphatic carbocycles. The molecule has 4 heteroatoms. The Hall–Kier alpha value is -0.110. The van der Waals surface area contributed by atoms with Crippen LogP contribution >= 0.6 is 7.37 Å². The lowest BCUT2D eigenvalue weighted by Gasteiger charge is -2.16. The first kappa shape index (κ1) is 8.98. The molecule has 1 rings (SSSR count). The van der Waals surface area contributed by atoms with Crippen molar-refractivity contribution in [2.24, 2.45) is 0 Å². The first-order valence-electron chi connectivity index (χ1n) is 3.82. The van der Waals surface area contributed by atoms with Crippen molar-refractivity contribution >= 4 is 7.37 Å². The molecular formula is C7H14NO2P. The lowest BCUT2D eigenvalue weighted by atomic mass is 10.4. The van der Waals surface area contributed by atoms with Gasteiger partial charge in [0.05, 0.1) is 5.78 Å². The van der Waals surface area contributed by atoms with Crippen molar-refractivity contribution in [3.05, 3.63) is 12.7 Å². The molecule has 0 aromatic carbocycles. The van der Waals surface area contributed by atoms with Crippen LogP contribution in [0.15, 0.2) is 12.7 Å². The van der Waals surface area contributed by atoms with Gasteiger partial charge >= 0.3 is 0 Å². The summed E-state index contributed by atoms with van der Waals surface area (Å²) in [6, 6.07) is 0. The van der Waals surface area contributed by atoms with Crippen molar-refractivity contribution in [1.29, 1.82) is 0 Å². The molecule has 1 saturated heterocycles. The molecule has 0 saturated carbocycles. The molecule has 1 aliphatic heterocycles. The van der Waals surface area contributed by atoms with Gasteiger partial charge in [0.1, 0.15) is 0 Å². The van der Waals surface area contributed by atoms with Crippen molar-refractivity contribution in [3.8, 4) is 0 Å². The van der Waals surface area contributed by atoms with Crippen LogP contribution in [0.3, 0.4) is 0 Å². The number of nitrogens with one attached hydrogen (secondary N) is 1. The van der Waals surface area contributed by atoms with Crippen molar-refractivity contribution in [3.63, 3.8) is 0 Å². The zero-order valence-electron chi connectivity index (χ0n) is 6.49. The average Bonchev–Trinajstić information content (AvgIpc) is 2.37. The molecule has 0 radical (unpaired) electrons. The van der Waals surface area contributed by atoms with Gasteiger partial charge in [0.2, 0.25) is 7.37 Å². The van der Waals surface area contributed by atoms with Gasteiger partial charge in [-0.2, -0.15) is 0 Å². The lowest BCUT2D eigenvalue weighted by molar-refractivity contribution is 0.460. The third-order valence-corrected chi connectivity index (χ3v) is 4.11. The van der Waals surface area contributed by atoms with E-state index in [0.29, 0.717) is 0 Å². The van der Waals surface area contributed by atoms with Gasteiger partial charge in [0.25, 0.3) is 0 Å². The maximum absolute atomic E-state index is 11.4. The second kappa shape index (κ2) is 3.53. The minimum Gasteiger partial charge on any atom is -0.343 e. The van der Waals surface area contributed by atoms with Gasteiger partial charge in [-0.05, 0) is 19.4 Å². The smallest absolute Gasteiger partial charge is 0.220 e. The second-order valence-electron chi connectivity index (χ2n) is 2.84. The number of allylic oxidation sites excluding steroid dienone is 1. The van der Waals surface area contributed by atoms with Crippen LogP contribution in [0.25, 0.3) is 0 Å². The molecule has 0 bridgehead atoms. The van der Waals surface area contributed by atoms with E-state index in [1.165, 1.54) is 6.08 Å². The minimum atomic E-state index is -2.97. The van der Waals surface area contributed by atoms with Crippen molar-refractivity contribution in [2.45, 2.75) is 18.6 Å². The van der Waals surface area contributed by atoms with Crippen LogP contribution in [0.5, 0.6) is 0 Å². The minimum absolute atomic E-state index is 0.180. The summed E-state index contributed by atoms with van der Waals surface area (Å²) >= 11 is 0. The molecule has 2 atom stereocenters. The molecule has 11 heavy (non-hydrogen) atoms. The van der Waals surface area contributed by atoms with E-state index < -0.39 is 7.37 Å². The van der Waals surface area contributed by atoms with Crippen molar-refractivity contribution < 1.29 is 9.46 Å². The fourth-order valence-corrected chi connectivity index (χ4v) is 2.95. The van der Waals surface area contributed by atoms with Gasteiger partial charge in [-0.3, -0.25) is 4.57 Å². The van der Waals surface area contributed by atoms with Crippen LogP contribution in [0.1, 0.15) is 12.8 Å². The fraction of sp³-hybridized carbons (Fsp3) is 0.714. The molecular weight excluding hydrogens is 161 g/mol. The third kappa shape index (κ3) is 2.16. The van der Waals surface area contributed by atoms with Crippen LogP contribution in [0.4, 0.5) is 0 Å². The highest BCUT2D eigenvalue weighted by Crippen LogP contribution is 2.47. The maximum atomic E-state index is 11.4. The summed E-state index contributed by atoms with van der Waals surface area (Å²) in [4.78, 5) is 9.44. The van der Waals surface area contributed by atoms with Gasteiger partial charge in [-0.15, -0.1) is 6.58 Å². The average molecular weight is 175 g/mol.